The number of anilines is 2. The number of pyridine rings is 1. The Balaban J connectivity index is 1.35. The van der Waals surface area contributed by atoms with Gasteiger partial charge in [0, 0.05) is 60.8 Å². The first kappa shape index (κ1) is 23.5. The van der Waals surface area contributed by atoms with Crippen LogP contribution in [0.4, 0.5) is 11.4 Å². The fourth-order valence-corrected chi connectivity index (χ4v) is 5.12. The van der Waals surface area contributed by atoms with Crippen LogP contribution in [-0.4, -0.2) is 61.0 Å². The smallest absolute Gasteiger partial charge is 0.224 e. The molecule has 0 amide bonds. The molecule has 2 aliphatic heterocycles. The van der Waals surface area contributed by atoms with Gasteiger partial charge in [-0.15, -0.1) is 10.2 Å². The molecule has 0 bridgehead atoms. The molecule has 2 aromatic heterocycles. The van der Waals surface area contributed by atoms with Crippen molar-refractivity contribution in [1.82, 2.24) is 19.9 Å². The van der Waals surface area contributed by atoms with Crippen molar-refractivity contribution in [3.8, 4) is 0 Å². The van der Waals surface area contributed by atoms with Gasteiger partial charge in [0.15, 0.2) is 5.65 Å². The quantitative estimate of drug-likeness (QED) is 0.544. The van der Waals surface area contributed by atoms with E-state index in [1.165, 1.54) is 5.69 Å². The third-order valence-electron chi connectivity index (χ3n) is 6.77. The molecule has 37 heavy (non-hydrogen) atoms. The molecule has 2 N–H and O–H groups in total. The number of aliphatic imine (C=N–C) groups is 1. The van der Waals surface area contributed by atoms with Crippen LogP contribution in [0.1, 0.15) is 12.0 Å². The van der Waals surface area contributed by atoms with Gasteiger partial charge in [0.25, 0.3) is 0 Å². The van der Waals surface area contributed by atoms with Crippen LogP contribution in [0, 0.1) is 0 Å². The van der Waals surface area contributed by atoms with Crippen LogP contribution in [-0.2, 0) is 16.0 Å². The maximum atomic E-state index is 6.72. The maximum absolute atomic E-state index is 6.72. The Bertz CT molecular complexity index is 1570. The lowest BCUT2D eigenvalue weighted by atomic mass is 10.0. The predicted molar refractivity (Wildman–Crippen MR) is 143 cm³/mol. The minimum atomic E-state index is 0.458. The summed E-state index contributed by atoms with van der Waals surface area (Å²) < 4.78 is 12.9. The molecule has 0 atom stereocenters. The SMILES string of the molecule is COC1=CC(OC)=C(Cl)C(=c2cc3c(n4cnnc24)=NC(Nc2ccc(N4CCNCC4)cc2)=NC3)C1. The average Bonchev–Trinajstić information content (AvgIpc) is 3.44. The first-order chi connectivity index (χ1) is 18.1. The van der Waals surface area contributed by atoms with Gasteiger partial charge in [-0.1, -0.05) is 11.6 Å². The highest BCUT2D eigenvalue weighted by Gasteiger charge is 2.22. The molecule has 0 unspecified atom stereocenters. The van der Waals surface area contributed by atoms with Crippen molar-refractivity contribution in [2.45, 2.75) is 13.0 Å². The number of piperazine rings is 1. The number of allylic oxidation sites excluding steroid dienone is 3. The molecule has 3 aromatic rings. The fraction of sp³-hybridized carbons (Fsp3) is 0.308. The summed E-state index contributed by atoms with van der Waals surface area (Å²) in [5.74, 6) is 1.84. The fourth-order valence-electron chi connectivity index (χ4n) is 4.82. The second kappa shape index (κ2) is 9.87. The Hall–Kier alpha value is -3.89. The molecule has 11 heteroatoms. The van der Waals surface area contributed by atoms with Gasteiger partial charge in [0.1, 0.15) is 23.3 Å². The zero-order chi connectivity index (χ0) is 25.4. The summed E-state index contributed by atoms with van der Waals surface area (Å²) in [5, 5.41) is 16.7. The highest BCUT2D eigenvalue weighted by atomic mass is 35.5. The van der Waals surface area contributed by atoms with Crippen LogP contribution >= 0.6 is 11.6 Å². The molecule has 1 aliphatic carbocycles. The van der Waals surface area contributed by atoms with Crippen molar-refractivity contribution in [3.05, 3.63) is 75.6 Å². The predicted octanol–water partition coefficient (Wildman–Crippen LogP) is 1.92. The summed E-state index contributed by atoms with van der Waals surface area (Å²) in [5.41, 5.74) is 5.36. The lowest BCUT2D eigenvalue weighted by Crippen LogP contribution is -2.43. The first-order valence-electron chi connectivity index (χ1n) is 12.1. The summed E-state index contributed by atoms with van der Waals surface area (Å²) in [4.78, 5) is 11.9. The number of ether oxygens (including phenoxy) is 2. The van der Waals surface area contributed by atoms with E-state index in [1.54, 1.807) is 26.6 Å². The van der Waals surface area contributed by atoms with Crippen molar-refractivity contribution in [3.63, 3.8) is 0 Å². The van der Waals surface area contributed by atoms with Crippen LogP contribution in [0.5, 0.6) is 0 Å². The average molecular weight is 519 g/mol. The Morgan fingerprint density at radius 2 is 1.89 bits per heavy atom. The Labute approximate surface area is 218 Å². The number of nitrogens with one attached hydrogen (secondary N) is 2. The molecule has 6 rings (SSSR count). The van der Waals surface area contributed by atoms with E-state index in [9.17, 15) is 0 Å². The third-order valence-corrected chi connectivity index (χ3v) is 7.19. The number of hydrogen-bond donors (Lipinski definition) is 2. The minimum absolute atomic E-state index is 0.458. The third kappa shape index (κ3) is 4.42. The van der Waals surface area contributed by atoms with E-state index < -0.39 is 0 Å². The van der Waals surface area contributed by atoms with Gasteiger partial charge in [0.2, 0.25) is 5.96 Å². The van der Waals surface area contributed by atoms with Gasteiger partial charge in [-0.25, -0.2) is 4.99 Å². The number of nitrogens with zero attached hydrogens (tertiary/aromatic N) is 6. The largest absolute Gasteiger partial charge is 0.501 e. The summed E-state index contributed by atoms with van der Waals surface area (Å²) >= 11 is 6.72. The topological polar surface area (TPSA) is 101 Å². The molecule has 0 spiro atoms. The summed E-state index contributed by atoms with van der Waals surface area (Å²) in [6.07, 6.45) is 3.98. The van der Waals surface area contributed by atoms with Gasteiger partial charge in [-0.3, -0.25) is 4.40 Å². The van der Waals surface area contributed by atoms with Crippen LogP contribution in [0.25, 0.3) is 11.2 Å². The highest BCUT2D eigenvalue weighted by molar-refractivity contribution is 6.36. The van der Waals surface area contributed by atoms with Crippen LogP contribution < -0.4 is 26.2 Å². The second-order valence-corrected chi connectivity index (χ2v) is 9.32. The van der Waals surface area contributed by atoms with E-state index in [0.717, 1.165) is 59.5 Å². The molecule has 10 nitrogen and oxygen atoms in total. The normalized spacial score (nSPS) is 19.2. The summed E-state index contributed by atoms with van der Waals surface area (Å²) in [7, 11) is 3.22. The molecule has 0 radical (unpaired) electrons. The zero-order valence-corrected chi connectivity index (χ0v) is 21.4. The molecule has 1 fully saturated rings. The van der Waals surface area contributed by atoms with Gasteiger partial charge < -0.3 is 25.0 Å². The summed E-state index contributed by atoms with van der Waals surface area (Å²) in [6, 6.07) is 10.4. The molecule has 190 valence electrons. The number of hydrogen-bond acceptors (Lipinski definition) is 9. The van der Waals surface area contributed by atoms with Gasteiger partial charge in [0.05, 0.1) is 25.8 Å². The number of rotatable bonds is 4. The van der Waals surface area contributed by atoms with E-state index >= 15 is 0 Å². The van der Waals surface area contributed by atoms with Crippen LogP contribution in [0.3, 0.4) is 0 Å². The number of methoxy groups -OCH3 is 2. The Morgan fingerprint density at radius 1 is 1.08 bits per heavy atom. The standard InChI is InChI=1S/C26H27ClN8O2/c1-36-19-12-20(23(27)22(13-19)37-2)21-11-16-14-29-26(32-24(16)35-15-30-33-25(21)35)31-17-3-5-18(6-4-17)34-9-7-28-8-10-34/h3-6,11,13,15,28H,7-10,12,14H2,1-2H3,(H,29,31). The Morgan fingerprint density at radius 3 is 2.65 bits per heavy atom. The first-order valence-corrected chi connectivity index (χ1v) is 12.5. The molecule has 1 aromatic carbocycles. The van der Waals surface area contributed by atoms with Crippen molar-refractivity contribution in [2.75, 3.05) is 50.6 Å². The number of benzene rings is 1. The zero-order valence-electron chi connectivity index (χ0n) is 20.7. The second-order valence-electron chi connectivity index (χ2n) is 8.94. The van der Waals surface area contributed by atoms with E-state index in [0.29, 0.717) is 35.4 Å². The van der Waals surface area contributed by atoms with Crippen molar-refractivity contribution in [1.29, 1.82) is 0 Å². The maximum Gasteiger partial charge on any atom is 0.224 e. The number of aromatic nitrogens is 3. The van der Waals surface area contributed by atoms with Crippen molar-refractivity contribution >= 4 is 40.2 Å². The van der Waals surface area contributed by atoms with E-state index in [4.69, 9.17) is 26.1 Å². The molecule has 1 saturated heterocycles. The lowest BCUT2D eigenvalue weighted by molar-refractivity contribution is 0.267. The molecular formula is C26H27ClN8O2. The minimum Gasteiger partial charge on any atom is -0.501 e. The van der Waals surface area contributed by atoms with Crippen molar-refractivity contribution in [2.24, 2.45) is 9.98 Å². The van der Waals surface area contributed by atoms with Crippen LogP contribution in [0.15, 0.2) is 69.3 Å². The van der Waals surface area contributed by atoms with Gasteiger partial charge >= 0.3 is 0 Å². The molecule has 3 aliphatic rings. The van der Waals surface area contributed by atoms with Gasteiger partial charge in [-0.05, 0) is 35.9 Å². The summed E-state index contributed by atoms with van der Waals surface area (Å²) in [6.45, 7) is 4.50. The molecule has 4 heterocycles. The lowest BCUT2D eigenvalue weighted by Gasteiger charge is -2.29. The highest BCUT2D eigenvalue weighted by Crippen LogP contribution is 2.33. The van der Waals surface area contributed by atoms with E-state index in [-0.39, 0.29) is 0 Å². The number of halogens is 1. The molecular weight excluding hydrogens is 492 g/mol. The van der Waals surface area contributed by atoms with Crippen LogP contribution in [0.2, 0.25) is 0 Å². The van der Waals surface area contributed by atoms with E-state index in [1.807, 2.05) is 10.5 Å². The Kier molecular flexibility index (Phi) is 6.27. The van der Waals surface area contributed by atoms with E-state index in [2.05, 4.69) is 55.0 Å². The van der Waals surface area contributed by atoms with Gasteiger partial charge in [-0.2, -0.15) is 4.99 Å². The monoisotopic (exact) mass is 518 g/mol. The molecule has 0 saturated carbocycles. The van der Waals surface area contributed by atoms with Crippen molar-refractivity contribution < 1.29 is 9.47 Å². The number of guanidine groups is 1. The number of fused-ring (bicyclic) bond motifs is 3.